The average molecular weight is 278 g/mol. The summed E-state index contributed by atoms with van der Waals surface area (Å²) in [6.45, 7) is 4.77. The topological polar surface area (TPSA) is 32.3 Å². The number of nitrogens with one attached hydrogen (secondary N) is 1. The van der Waals surface area contributed by atoms with Crippen molar-refractivity contribution in [1.82, 2.24) is 10.2 Å². The van der Waals surface area contributed by atoms with Gasteiger partial charge in [0, 0.05) is 23.5 Å². The van der Waals surface area contributed by atoms with Gasteiger partial charge in [-0.25, -0.2) is 0 Å². The molecule has 2 rings (SSSR count). The largest absolute Gasteiger partial charge is 0.338 e. The molecule has 4 heteroatoms. The summed E-state index contributed by atoms with van der Waals surface area (Å²) in [6, 6.07) is 6.14. The standard InChI is InChI=1S/C15H22N2OS/c1-11-4-5-13(19-3)8-14(11)15(18)17-7-6-12(10-17)9-16-2/h4-5,8,12,16H,6-7,9-10H2,1-3H3. The Bertz CT molecular complexity index is 461. The molecule has 0 saturated carbocycles. The lowest BCUT2D eigenvalue weighted by Crippen LogP contribution is -2.30. The minimum absolute atomic E-state index is 0.187. The van der Waals surface area contributed by atoms with Crippen LogP contribution in [0.2, 0.25) is 0 Å². The van der Waals surface area contributed by atoms with Gasteiger partial charge in [0.1, 0.15) is 0 Å². The first-order valence-electron chi connectivity index (χ1n) is 6.74. The molecule has 1 aliphatic rings. The van der Waals surface area contributed by atoms with Crippen LogP contribution in [0.25, 0.3) is 0 Å². The van der Waals surface area contributed by atoms with E-state index in [2.05, 4.69) is 11.4 Å². The summed E-state index contributed by atoms with van der Waals surface area (Å²) in [7, 11) is 1.97. The number of rotatable bonds is 4. The number of hydrogen-bond donors (Lipinski definition) is 1. The van der Waals surface area contributed by atoms with E-state index >= 15 is 0 Å². The van der Waals surface area contributed by atoms with E-state index in [9.17, 15) is 4.79 Å². The Kier molecular flexibility index (Phi) is 4.88. The van der Waals surface area contributed by atoms with Crippen LogP contribution in [0.15, 0.2) is 23.1 Å². The quantitative estimate of drug-likeness (QED) is 0.858. The molecular weight excluding hydrogens is 256 g/mol. The van der Waals surface area contributed by atoms with E-state index in [1.165, 1.54) is 0 Å². The van der Waals surface area contributed by atoms with Gasteiger partial charge in [0.25, 0.3) is 5.91 Å². The first kappa shape index (κ1) is 14.4. The van der Waals surface area contributed by atoms with Gasteiger partial charge < -0.3 is 10.2 Å². The summed E-state index contributed by atoms with van der Waals surface area (Å²) < 4.78 is 0. The van der Waals surface area contributed by atoms with E-state index < -0.39 is 0 Å². The molecule has 1 aromatic carbocycles. The summed E-state index contributed by atoms with van der Waals surface area (Å²) in [5.41, 5.74) is 1.93. The molecule has 0 bridgehead atoms. The van der Waals surface area contributed by atoms with Crippen LogP contribution in [0, 0.1) is 12.8 Å². The van der Waals surface area contributed by atoms with Crippen LogP contribution in [0.1, 0.15) is 22.3 Å². The number of carbonyl (C=O) groups is 1. The third-order valence-corrected chi connectivity index (χ3v) is 4.47. The average Bonchev–Trinajstić information content (AvgIpc) is 2.88. The Labute approximate surface area is 119 Å². The van der Waals surface area contributed by atoms with Gasteiger partial charge in [-0.3, -0.25) is 4.79 Å². The minimum atomic E-state index is 0.187. The van der Waals surface area contributed by atoms with Crippen molar-refractivity contribution >= 4 is 17.7 Å². The van der Waals surface area contributed by atoms with E-state index in [0.717, 1.165) is 42.1 Å². The van der Waals surface area contributed by atoms with E-state index in [-0.39, 0.29) is 5.91 Å². The highest BCUT2D eigenvalue weighted by Gasteiger charge is 2.27. The number of likely N-dealkylation sites (tertiary alicyclic amines) is 1. The number of nitrogens with zero attached hydrogens (tertiary/aromatic N) is 1. The molecule has 1 unspecified atom stereocenters. The Morgan fingerprint density at radius 1 is 1.53 bits per heavy atom. The van der Waals surface area contributed by atoms with Crippen LogP contribution >= 0.6 is 11.8 Å². The summed E-state index contributed by atoms with van der Waals surface area (Å²) in [5.74, 6) is 0.782. The van der Waals surface area contributed by atoms with Crippen molar-refractivity contribution in [3.63, 3.8) is 0 Å². The van der Waals surface area contributed by atoms with Crippen LogP contribution in [0.4, 0.5) is 0 Å². The Morgan fingerprint density at radius 2 is 2.32 bits per heavy atom. The first-order chi connectivity index (χ1) is 9.15. The monoisotopic (exact) mass is 278 g/mol. The van der Waals surface area contributed by atoms with Gasteiger partial charge in [0.05, 0.1) is 0 Å². The van der Waals surface area contributed by atoms with Crippen LogP contribution < -0.4 is 5.32 Å². The number of thioether (sulfide) groups is 1. The van der Waals surface area contributed by atoms with Crippen molar-refractivity contribution in [2.75, 3.05) is 32.9 Å². The molecule has 0 aliphatic carbocycles. The molecule has 1 fully saturated rings. The molecule has 3 nitrogen and oxygen atoms in total. The van der Waals surface area contributed by atoms with Gasteiger partial charge in [-0.2, -0.15) is 0 Å². The molecule has 1 aromatic rings. The SMILES string of the molecule is CNCC1CCN(C(=O)c2cc(SC)ccc2C)C1. The number of aryl methyl sites for hydroxylation is 1. The van der Waals surface area contributed by atoms with Gasteiger partial charge in [-0.05, 0) is 56.8 Å². The van der Waals surface area contributed by atoms with Crippen LogP contribution in [-0.2, 0) is 0 Å². The second-order valence-corrected chi connectivity index (χ2v) is 6.02. The normalized spacial score (nSPS) is 18.9. The molecule has 1 aliphatic heterocycles. The van der Waals surface area contributed by atoms with Crippen LogP contribution in [-0.4, -0.2) is 43.7 Å². The fraction of sp³-hybridized carbons (Fsp3) is 0.533. The predicted molar refractivity (Wildman–Crippen MR) is 80.9 cm³/mol. The maximum atomic E-state index is 12.6. The molecule has 0 spiro atoms. The van der Waals surface area contributed by atoms with Gasteiger partial charge in [-0.1, -0.05) is 6.07 Å². The number of carbonyl (C=O) groups excluding carboxylic acids is 1. The van der Waals surface area contributed by atoms with E-state index in [4.69, 9.17) is 0 Å². The highest BCUT2D eigenvalue weighted by Crippen LogP contribution is 2.23. The van der Waals surface area contributed by atoms with E-state index in [0.29, 0.717) is 5.92 Å². The second-order valence-electron chi connectivity index (χ2n) is 5.14. The van der Waals surface area contributed by atoms with Crippen molar-refractivity contribution in [3.8, 4) is 0 Å². The van der Waals surface area contributed by atoms with Crippen molar-refractivity contribution in [2.24, 2.45) is 5.92 Å². The zero-order valence-corrected chi connectivity index (χ0v) is 12.7. The lowest BCUT2D eigenvalue weighted by atomic mass is 10.1. The number of amides is 1. The highest BCUT2D eigenvalue weighted by atomic mass is 32.2. The zero-order valence-electron chi connectivity index (χ0n) is 11.9. The number of hydrogen-bond acceptors (Lipinski definition) is 3. The maximum absolute atomic E-state index is 12.6. The second kappa shape index (κ2) is 6.44. The summed E-state index contributed by atoms with van der Waals surface area (Å²) in [5, 5.41) is 3.20. The minimum Gasteiger partial charge on any atom is -0.338 e. The maximum Gasteiger partial charge on any atom is 0.254 e. The first-order valence-corrected chi connectivity index (χ1v) is 7.96. The van der Waals surface area contributed by atoms with E-state index in [1.54, 1.807) is 11.8 Å². The van der Waals surface area contributed by atoms with Crippen molar-refractivity contribution in [3.05, 3.63) is 29.3 Å². The van der Waals surface area contributed by atoms with Crippen molar-refractivity contribution in [2.45, 2.75) is 18.2 Å². The van der Waals surface area contributed by atoms with Crippen LogP contribution in [0.5, 0.6) is 0 Å². The zero-order chi connectivity index (χ0) is 13.8. The number of benzene rings is 1. The van der Waals surface area contributed by atoms with E-state index in [1.807, 2.05) is 37.3 Å². The lowest BCUT2D eigenvalue weighted by Gasteiger charge is -2.18. The Morgan fingerprint density at radius 3 is 3.00 bits per heavy atom. The molecule has 104 valence electrons. The summed E-state index contributed by atoms with van der Waals surface area (Å²) in [6.07, 6.45) is 3.14. The van der Waals surface area contributed by atoms with Gasteiger partial charge in [-0.15, -0.1) is 11.8 Å². The Balaban J connectivity index is 2.12. The third kappa shape index (κ3) is 3.31. The summed E-state index contributed by atoms with van der Waals surface area (Å²) in [4.78, 5) is 15.7. The van der Waals surface area contributed by atoms with Gasteiger partial charge in [0.2, 0.25) is 0 Å². The fourth-order valence-electron chi connectivity index (χ4n) is 2.60. The predicted octanol–water partition coefficient (Wildman–Crippen LogP) is 2.40. The molecular formula is C15H22N2OS. The molecule has 0 radical (unpaired) electrons. The van der Waals surface area contributed by atoms with Crippen molar-refractivity contribution in [1.29, 1.82) is 0 Å². The molecule has 1 atom stereocenters. The fourth-order valence-corrected chi connectivity index (χ4v) is 3.04. The summed E-state index contributed by atoms with van der Waals surface area (Å²) >= 11 is 1.68. The van der Waals surface area contributed by atoms with Crippen molar-refractivity contribution < 1.29 is 4.79 Å². The van der Waals surface area contributed by atoms with Crippen LogP contribution in [0.3, 0.4) is 0 Å². The highest BCUT2D eigenvalue weighted by molar-refractivity contribution is 7.98. The molecule has 1 N–H and O–H groups in total. The third-order valence-electron chi connectivity index (χ3n) is 3.74. The molecule has 1 amide bonds. The van der Waals surface area contributed by atoms with Gasteiger partial charge >= 0.3 is 0 Å². The molecule has 1 heterocycles. The lowest BCUT2D eigenvalue weighted by molar-refractivity contribution is 0.0786. The smallest absolute Gasteiger partial charge is 0.254 e. The molecule has 0 aromatic heterocycles. The Hall–Kier alpha value is -1.00. The molecule has 19 heavy (non-hydrogen) atoms. The van der Waals surface area contributed by atoms with Gasteiger partial charge in [0.15, 0.2) is 0 Å². The molecule has 1 saturated heterocycles.